The molecule has 0 unspecified atom stereocenters. The third-order valence-electron chi connectivity index (χ3n) is 7.60. The largest absolute Gasteiger partial charge is 0.435 e. The van der Waals surface area contributed by atoms with Crippen molar-refractivity contribution in [3.8, 4) is 5.75 Å². The molecule has 2 aromatic rings. The van der Waals surface area contributed by atoms with Crippen molar-refractivity contribution in [2.45, 2.75) is 50.9 Å². The van der Waals surface area contributed by atoms with E-state index in [2.05, 4.69) is 60.2 Å². The van der Waals surface area contributed by atoms with E-state index in [1.54, 1.807) is 0 Å². The number of hydrogen-bond acceptors (Lipinski definition) is 1. The second-order valence-electron chi connectivity index (χ2n) is 9.64. The predicted molar refractivity (Wildman–Crippen MR) is 108 cm³/mol. The van der Waals surface area contributed by atoms with Gasteiger partial charge in [0.1, 0.15) is 5.75 Å². The van der Waals surface area contributed by atoms with Crippen LogP contribution in [0.25, 0.3) is 0 Å². The van der Waals surface area contributed by atoms with Gasteiger partial charge < -0.3 is 4.74 Å². The highest BCUT2D eigenvalue weighted by atomic mass is 16.5. The second-order valence-corrected chi connectivity index (χ2v) is 9.64. The van der Waals surface area contributed by atoms with Gasteiger partial charge in [0.05, 0.1) is 5.56 Å². The molecule has 4 bridgehead atoms. The van der Waals surface area contributed by atoms with E-state index in [1.807, 2.05) is 0 Å². The maximum absolute atomic E-state index is 6.46. The van der Waals surface area contributed by atoms with E-state index in [0.717, 1.165) is 17.8 Å². The first-order chi connectivity index (χ1) is 13.2. The van der Waals surface area contributed by atoms with Crippen LogP contribution in [0.5, 0.6) is 5.75 Å². The Kier molecular flexibility index (Phi) is 3.36. The molecule has 2 nitrogen and oxygen atoms in total. The summed E-state index contributed by atoms with van der Waals surface area (Å²) in [4.78, 5) is 0. The highest BCUT2D eigenvalue weighted by Gasteiger charge is 2.53. The number of fused-ring (bicyclic) bond motifs is 1. The summed E-state index contributed by atoms with van der Waals surface area (Å²) < 4.78 is 8.69. The molecule has 0 saturated heterocycles. The van der Waals surface area contributed by atoms with Gasteiger partial charge in [-0.2, -0.15) is 4.58 Å². The van der Waals surface area contributed by atoms with Gasteiger partial charge in [0, 0.05) is 17.7 Å². The molecule has 0 radical (unpaired) electrons. The fraction of sp³-hybridized carbons (Fsp3) is 0.480. The van der Waals surface area contributed by atoms with Crippen molar-refractivity contribution in [1.29, 1.82) is 0 Å². The first kappa shape index (κ1) is 15.9. The van der Waals surface area contributed by atoms with Crippen molar-refractivity contribution in [3.63, 3.8) is 0 Å². The SMILES string of the molecule is Cc1cc2c(c(C34CC5CC(CC(C5)C3)C4)c1)OC[N+](c1ccccc1)=C2. The number of aryl methyl sites for hydroxylation is 1. The van der Waals surface area contributed by atoms with Gasteiger partial charge in [-0.15, -0.1) is 0 Å². The smallest absolute Gasteiger partial charge is 0.292 e. The fourth-order valence-electron chi connectivity index (χ4n) is 7.00. The number of benzene rings is 2. The van der Waals surface area contributed by atoms with Crippen LogP contribution in [-0.2, 0) is 5.41 Å². The van der Waals surface area contributed by atoms with Crippen molar-refractivity contribution in [2.24, 2.45) is 17.8 Å². The van der Waals surface area contributed by atoms with Crippen LogP contribution in [0.15, 0.2) is 42.5 Å². The minimum absolute atomic E-state index is 0.383. The van der Waals surface area contributed by atoms with Crippen LogP contribution in [0.2, 0.25) is 0 Å². The van der Waals surface area contributed by atoms with E-state index in [9.17, 15) is 0 Å². The normalized spacial score (nSPS) is 33.4. The molecule has 0 aromatic heterocycles. The lowest BCUT2D eigenvalue weighted by Gasteiger charge is -2.57. The Labute approximate surface area is 161 Å². The van der Waals surface area contributed by atoms with E-state index in [1.165, 1.54) is 66.7 Å². The Morgan fingerprint density at radius 1 is 0.926 bits per heavy atom. The molecular formula is C25H28NO+. The van der Waals surface area contributed by atoms with Gasteiger partial charge in [0.15, 0.2) is 6.21 Å². The lowest BCUT2D eigenvalue weighted by atomic mass is 9.48. The van der Waals surface area contributed by atoms with Gasteiger partial charge in [0.2, 0.25) is 5.69 Å². The van der Waals surface area contributed by atoms with Gasteiger partial charge in [-0.1, -0.05) is 24.3 Å². The Hall–Kier alpha value is -2.09. The number of para-hydroxylation sites is 1. The molecule has 27 heavy (non-hydrogen) atoms. The fourth-order valence-corrected chi connectivity index (χ4v) is 7.00. The Morgan fingerprint density at radius 3 is 2.26 bits per heavy atom. The van der Waals surface area contributed by atoms with Crippen LogP contribution >= 0.6 is 0 Å². The minimum atomic E-state index is 0.383. The van der Waals surface area contributed by atoms with Crippen LogP contribution in [0.1, 0.15) is 55.2 Å². The number of rotatable bonds is 2. The van der Waals surface area contributed by atoms with Crippen molar-refractivity contribution in [3.05, 3.63) is 59.2 Å². The second kappa shape index (κ2) is 5.70. The average molecular weight is 359 g/mol. The standard InChI is InChI=1S/C25H28NO/c1-17-7-21-15-26(22-5-3-2-4-6-22)16-27-24(21)23(8-17)25-12-18-9-19(13-25)11-20(10-18)14-25/h2-8,15,18-20H,9-14,16H2,1H3/q+1. The molecule has 1 heterocycles. The first-order valence-corrected chi connectivity index (χ1v) is 10.6. The summed E-state index contributed by atoms with van der Waals surface area (Å²) in [7, 11) is 0. The van der Waals surface area contributed by atoms with Crippen LogP contribution in [-0.4, -0.2) is 17.5 Å². The van der Waals surface area contributed by atoms with Gasteiger partial charge in [-0.3, -0.25) is 0 Å². The zero-order valence-electron chi connectivity index (χ0n) is 16.2. The molecule has 4 saturated carbocycles. The third kappa shape index (κ3) is 2.49. The third-order valence-corrected chi connectivity index (χ3v) is 7.60. The highest BCUT2D eigenvalue weighted by molar-refractivity contribution is 5.83. The summed E-state index contributed by atoms with van der Waals surface area (Å²) in [5.41, 5.74) is 5.74. The highest BCUT2D eigenvalue weighted by Crippen LogP contribution is 2.62. The number of ether oxygens (including phenoxy) is 1. The van der Waals surface area contributed by atoms with Crippen LogP contribution < -0.4 is 4.74 Å². The summed E-state index contributed by atoms with van der Waals surface area (Å²) in [5.74, 6) is 4.05. The molecular weight excluding hydrogens is 330 g/mol. The molecule has 5 aliphatic rings. The molecule has 0 atom stereocenters. The Balaban J connectivity index is 1.46. The van der Waals surface area contributed by atoms with Crippen molar-refractivity contribution in [2.75, 3.05) is 6.73 Å². The average Bonchev–Trinajstić information content (AvgIpc) is 2.66. The molecule has 0 N–H and O–H groups in total. The Morgan fingerprint density at radius 2 is 1.59 bits per heavy atom. The summed E-state index contributed by atoms with van der Waals surface area (Å²) in [6, 6.07) is 15.3. The van der Waals surface area contributed by atoms with Crippen molar-refractivity contribution in [1.82, 2.24) is 0 Å². The molecule has 4 aliphatic carbocycles. The Bertz CT molecular complexity index is 892. The molecule has 0 spiro atoms. The summed E-state index contributed by atoms with van der Waals surface area (Å²) >= 11 is 0. The zero-order chi connectivity index (χ0) is 18.0. The van der Waals surface area contributed by atoms with E-state index in [-0.39, 0.29) is 0 Å². The molecule has 2 heteroatoms. The zero-order valence-corrected chi connectivity index (χ0v) is 16.2. The van der Waals surface area contributed by atoms with Crippen molar-refractivity contribution >= 4 is 11.9 Å². The van der Waals surface area contributed by atoms with E-state index in [4.69, 9.17) is 4.74 Å². The summed E-state index contributed by atoms with van der Waals surface area (Å²) in [6.45, 7) is 2.86. The lowest BCUT2D eigenvalue weighted by Crippen LogP contribution is -2.48. The molecule has 7 rings (SSSR count). The van der Waals surface area contributed by atoms with Gasteiger partial charge >= 0.3 is 0 Å². The van der Waals surface area contributed by atoms with E-state index < -0.39 is 0 Å². The lowest BCUT2D eigenvalue weighted by molar-refractivity contribution is -0.476. The molecule has 4 fully saturated rings. The topological polar surface area (TPSA) is 12.2 Å². The maximum atomic E-state index is 6.46. The predicted octanol–water partition coefficient (Wildman–Crippen LogP) is 5.58. The first-order valence-electron chi connectivity index (χ1n) is 10.6. The van der Waals surface area contributed by atoms with Crippen molar-refractivity contribution < 1.29 is 9.31 Å². The van der Waals surface area contributed by atoms with Gasteiger partial charge in [-0.05, 0) is 80.2 Å². The monoisotopic (exact) mass is 358 g/mol. The number of nitrogens with zero attached hydrogens (tertiary/aromatic N) is 1. The number of hydrogen-bond donors (Lipinski definition) is 0. The summed E-state index contributed by atoms with van der Waals surface area (Å²) in [6.07, 6.45) is 10.9. The molecule has 138 valence electrons. The molecule has 1 aliphatic heterocycles. The summed E-state index contributed by atoms with van der Waals surface area (Å²) in [5, 5.41) is 0. The van der Waals surface area contributed by atoms with Gasteiger partial charge in [-0.25, -0.2) is 0 Å². The maximum Gasteiger partial charge on any atom is 0.292 e. The van der Waals surface area contributed by atoms with E-state index in [0.29, 0.717) is 12.1 Å². The molecule has 2 aromatic carbocycles. The minimum Gasteiger partial charge on any atom is -0.435 e. The van der Waals surface area contributed by atoms with Crippen LogP contribution in [0, 0.1) is 24.7 Å². The quantitative estimate of drug-likeness (QED) is 0.639. The van der Waals surface area contributed by atoms with Crippen LogP contribution in [0.3, 0.4) is 0 Å². The van der Waals surface area contributed by atoms with E-state index >= 15 is 0 Å². The molecule has 0 amide bonds. The van der Waals surface area contributed by atoms with Crippen LogP contribution in [0.4, 0.5) is 5.69 Å². The van der Waals surface area contributed by atoms with Gasteiger partial charge in [0.25, 0.3) is 6.73 Å².